The van der Waals surface area contributed by atoms with Crippen LogP contribution in [0.2, 0.25) is 0 Å². The average molecular weight is 350 g/mol. The summed E-state index contributed by atoms with van der Waals surface area (Å²) in [7, 11) is 0. The first-order valence-electron chi connectivity index (χ1n) is 5.63. The minimum Gasteiger partial charge on any atom is -0.390 e. The lowest BCUT2D eigenvalue weighted by molar-refractivity contribution is 0.273. The minimum atomic E-state index is -0.0106. The molecule has 0 radical (unpaired) electrons. The Morgan fingerprint density at radius 3 is 2.56 bits per heavy atom. The first kappa shape index (κ1) is 11.7. The monoisotopic (exact) mass is 350 g/mol. The Hall–Kier alpha value is -1.40. The van der Waals surface area contributed by atoms with Gasteiger partial charge in [-0.15, -0.1) is 0 Å². The number of halogens is 1. The summed E-state index contributed by atoms with van der Waals surface area (Å²) >= 11 is 2.31. The summed E-state index contributed by atoms with van der Waals surface area (Å²) in [5.74, 6) is 0. The molecule has 4 heteroatoms. The topological polar surface area (TPSA) is 37.5 Å². The van der Waals surface area contributed by atoms with Gasteiger partial charge in [0.2, 0.25) is 0 Å². The van der Waals surface area contributed by atoms with Gasteiger partial charge in [0, 0.05) is 5.56 Å². The number of aliphatic hydroxyl groups is 1. The van der Waals surface area contributed by atoms with Crippen molar-refractivity contribution in [3.8, 4) is 11.3 Å². The molecule has 2 aromatic heterocycles. The van der Waals surface area contributed by atoms with Crippen molar-refractivity contribution in [1.29, 1.82) is 0 Å². The van der Waals surface area contributed by atoms with Crippen LogP contribution >= 0.6 is 22.6 Å². The van der Waals surface area contributed by atoms with Gasteiger partial charge in [-0.1, -0.05) is 36.4 Å². The SMILES string of the molecule is OCc1cccc2c(I)c(-c3ccccc3)nn12. The molecule has 0 aliphatic heterocycles. The number of hydrogen-bond acceptors (Lipinski definition) is 2. The Labute approximate surface area is 118 Å². The van der Waals surface area contributed by atoms with Gasteiger partial charge >= 0.3 is 0 Å². The number of nitrogens with zero attached hydrogens (tertiary/aromatic N) is 2. The van der Waals surface area contributed by atoms with E-state index in [1.54, 1.807) is 0 Å². The zero-order valence-electron chi connectivity index (χ0n) is 9.55. The normalized spacial score (nSPS) is 11.0. The van der Waals surface area contributed by atoms with Gasteiger partial charge in [0.15, 0.2) is 0 Å². The van der Waals surface area contributed by atoms with Crippen LogP contribution < -0.4 is 0 Å². The highest BCUT2D eigenvalue weighted by molar-refractivity contribution is 14.1. The summed E-state index contributed by atoms with van der Waals surface area (Å²) < 4.78 is 2.92. The molecule has 3 aromatic rings. The van der Waals surface area contributed by atoms with Crippen LogP contribution in [0.5, 0.6) is 0 Å². The van der Waals surface area contributed by atoms with Crippen molar-refractivity contribution in [1.82, 2.24) is 9.61 Å². The van der Waals surface area contributed by atoms with Crippen molar-refractivity contribution in [2.45, 2.75) is 6.61 Å². The molecule has 0 aliphatic rings. The fourth-order valence-corrected chi connectivity index (χ4v) is 2.82. The molecule has 3 nitrogen and oxygen atoms in total. The van der Waals surface area contributed by atoms with Gasteiger partial charge in [-0.05, 0) is 34.7 Å². The van der Waals surface area contributed by atoms with E-state index in [0.29, 0.717) is 0 Å². The lowest BCUT2D eigenvalue weighted by atomic mass is 10.1. The number of rotatable bonds is 2. The van der Waals surface area contributed by atoms with Crippen molar-refractivity contribution in [3.63, 3.8) is 0 Å². The standard InChI is InChI=1S/C14H11IN2O/c15-13-12-8-4-7-11(9-18)17(12)16-14(13)10-5-2-1-3-6-10/h1-8,18H,9H2. The number of aromatic nitrogens is 2. The number of pyridine rings is 1. The van der Waals surface area contributed by atoms with Crippen LogP contribution in [-0.2, 0) is 6.61 Å². The Bertz CT molecular complexity index is 692. The second-order valence-electron chi connectivity index (χ2n) is 4.00. The van der Waals surface area contributed by atoms with E-state index in [0.717, 1.165) is 26.0 Å². The number of aliphatic hydroxyl groups excluding tert-OH is 1. The third-order valence-electron chi connectivity index (χ3n) is 2.88. The Balaban J connectivity index is 2.29. The summed E-state index contributed by atoms with van der Waals surface area (Å²) in [6, 6.07) is 15.9. The van der Waals surface area contributed by atoms with Gasteiger partial charge in [0.1, 0.15) is 5.69 Å². The molecule has 1 N–H and O–H groups in total. The van der Waals surface area contributed by atoms with Gasteiger partial charge in [0.05, 0.1) is 21.4 Å². The first-order chi connectivity index (χ1) is 8.81. The highest BCUT2D eigenvalue weighted by atomic mass is 127. The second kappa shape index (κ2) is 4.70. The molecule has 0 saturated heterocycles. The highest BCUT2D eigenvalue weighted by Crippen LogP contribution is 2.27. The predicted octanol–water partition coefficient (Wildman–Crippen LogP) is 3.10. The van der Waals surface area contributed by atoms with Crippen LogP contribution in [0.1, 0.15) is 5.69 Å². The third kappa shape index (κ3) is 1.81. The Morgan fingerprint density at radius 1 is 1.06 bits per heavy atom. The highest BCUT2D eigenvalue weighted by Gasteiger charge is 2.13. The van der Waals surface area contributed by atoms with Crippen molar-refractivity contribution >= 4 is 28.1 Å². The minimum absolute atomic E-state index is 0.0106. The zero-order chi connectivity index (χ0) is 12.5. The van der Waals surface area contributed by atoms with E-state index in [-0.39, 0.29) is 6.61 Å². The van der Waals surface area contributed by atoms with E-state index in [1.165, 1.54) is 0 Å². The second-order valence-corrected chi connectivity index (χ2v) is 5.08. The fourth-order valence-electron chi connectivity index (χ4n) is 2.00. The maximum atomic E-state index is 9.34. The van der Waals surface area contributed by atoms with E-state index in [1.807, 2.05) is 53.0 Å². The fraction of sp³-hybridized carbons (Fsp3) is 0.0714. The smallest absolute Gasteiger partial charge is 0.107 e. The van der Waals surface area contributed by atoms with Gasteiger partial charge in [-0.2, -0.15) is 5.10 Å². The molecular formula is C14H11IN2O. The van der Waals surface area contributed by atoms with Crippen molar-refractivity contribution in [2.75, 3.05) is 0 Å². The van der Waals surface area contributed by atoms with Gasteiger partial charge in [0.25, 0.3) is 0 Å². The predicted molar refractivity (Wildman–Crippen MR) is 79.3 cm³/mol. The van der Waals surface area contributed by atoms with Gasteiger partial charge in [-0.3, -0.25) is 0 Å². The lowest BCUT2D eigenvalue weighted by Crippen LogP contribution is -1.97. The summed E-state index contributed by atoms with van der Waals surface area (Å²) in [5.41, 5.74) is 3.88. The molecule has 1 aromatic carbocycles. The number of fused-ring (bicyclic) bond motifs is 1. The Kier molecular flexibility index (Phi) is 3.05. The molecule has 0 spiro atoms. The van der Waals surface area contributed by atoms with Crippen LogP contribution in [-0.4, -0.2) is 14.7 Å². The summed E-state index contributed by atoms with van der Waals surface area (Å²) in [6.07, 6.45) is 0. The quantitative estimate of drug-likeness (QED) is 0.722. The van der Waals surface area contributed by atoms with Crippen molar-refractivity contribution in [2.24, 2.45) is 0 Å². The summed E-state index contributed by atoms with van der Waals surface area (Å²) in [4.78, 5) is 0. The number of benzene rings is 1. The Morgan fingerprint density at radius 2 is 1.83 bits per heavy atom. The molecule has 18 heavy (non-hydrogen) atoms. The molecule has 0 amide bonds. The average Bonchev–Trinajstić information content (AvgIpc) is 2.77. The molecule has 0 saturated carbocycles. The van der Waals surface area contributed by atoms with E-state index >= 15 is 0 Å². The maximum Gasteiger partial charge on any atom is 0.107 e. The molecule has 0 fully saturated rings. The van der Waals surface area contributed by atoms with Gasteiger partial charge < -0.3 is 5.11 Å². The van der Waals surface area contributed by atoms with E-state index in [9.17, 15) is 5.11 Å². The van der Waals surface area contributed by atoms with E-state index in [4.69, 9.17) is 0 Å². The van der Waals surface area contributed by atoms with E-state index in [2.05, 4.69) is 27.7 Å². The molecule has 3 rings (SSSR count). The lowest BCUT2D eigenvalue weighted by Gasteiger charge is -1.99. The summed E-state index contributed by atoms with van der Waals surface area (Å²) in [6.45, 7) is -0.0106. The molecule has 0 bridgehead atoms. The molecule has 0 atom stereocenters. The summed E-state index contributed by atoms with van der Waals surface area (Å²) in [5, 5.41) is 13.9. The van der Waals surface area contributed by atoms with Crippen LogP contribution in [0.25, 0.3) is 16.8 Å². The van der Waals surface area contributed by atoms with Gasteiger partial charge in [-0.25, -0.2) is 4.52 Å². The van der Waals surface area contributed by atoms with Crippen LogP contribution in [0, 0.1) is 3.57 Å². The molecule has 0 aliphatic carbocycles. The molecule has 0 unspecified atom stereocenters. The molecular weight excluding hydrogens is 339 g/mol. The van der Waals surface area contributed by atoms with Crippen LogP contribution in [0.3, 0.4) is 0 Å². The van der Waals surface area contributed by atoms with E-state index < -0.39 is 0 Å². The van der Waals surface area contributed by atoms with Crippen molar-refractivity contribution < 1.29 is 5.11 Å². The largest absolute Gasteiger partial charge is 0.390 e. The number of hydrogen-bond donors (Lipinski definition) is 1. The van der Waals surface area contributed by atoms with Crippen LogP contribution in [0.15, 0.2) is 48.5 Å². The van der Waals surface area contributed by atoms with Crippen LogP contribution in [0.4, 0.5) is 0 Å². The first-order valence-corrected chi connectivity index (χ1v) is 6.71. The maximum absolute atomic E-state index is 9.34. The molecule has 2 heterocycles. The van der Waals surface area contributed by atoms with Crippen molar-refractivity contribution in [3.05, 3.63) is 57.8 Å². The third-order valence-corrected chi connectivity index (χ3v) is 3.95. The molecule has 90 valence electrons. The zero-order valence-corrected chi connectivity index (χ0v) is 11.7.